The second-order valence-corrected chi connectivity index (χ2v) is 7.82. The first-order chi connectivity index (χ1) is 10.7. The van der Waals surface area contributed by atoms with Gasteiger partial charge in [-0.25, -0.2) is 17.2 Å². The zero-order chi connectivity index (χ0) is 17.2. The molecule has 1 saturated heterocycles. The van der Waals surface area contributed by atoms with Crippen LogP contribution in [0.5, 0.6) is 0 Å². The first-order valence-electron chi connectivity index (χ1n) is 7.47. The zero-order valence-electron chi connectivity index (χ0n) is 13.1. The van der Waals surface area contributed by atoms with E-state index in [-0.39, 0.29) is 31.0 Å². The summed E-state index contributed by atoms with van der Waals surface area (Å²) >= 11 is 0. The van der Waals surface area contributed by atoms with Crippen LogP contribution in [0.3, 0.4) is 0 Å². The minimum absolute atomic E-state index is 0.0255. The van der Waals surface area contributed by atoms with Crippen LogP contribution in [0, 0.1) is 17.6 Å². The van der Waals surface area contributed by atoms with Crippen LogP contribution in [-0.2, 0) is 14.8 Å². The highest BCUT2D eigenvalue weighted by Crippen LogP contribution is 2.25. The quantitative estimate of drug-likeness (QED) is 0.905. The molecule has 0 aliphatic carbocycles. The number of carbonyl (C=O) groups is 1. The Morgan fingerprint density at radius 2 is 1.87 bits per heavy atom. The van der Waals surface area contributed by atoms with Gasteiger partial charge in [-0.15, -0.1) is 0 Å². The maximum atomic E-state index is 13.7. The highest BCUT2D eigenvalue weighted by molar-refractivity contribution is 7.89. The summed E-state index contributed by atoms with van der Waals surface area (Å²) in [5.74, 6) is -2.28. The molecule has 1 aromatic rings. The Kier molecular flexibility index (Phi) is 5.36. The summed E-state index contributed by atoms with van der Waals surface area (Å²) in [5, 5.41) is 2.80. The smallest absolute Gasteiger partial charge is 0.245 e. The van der Waals surface area contributed by atoms with Gasteiger partial charge in [0.2, 0.25) is 15.9 Å². The molecule has 0 aromatic heterocycles. The maximum Gasteiger partial charge on any atom is 0.245 e. The molecular weight excluding hydrogens is 326 g/mol. The lowest BCUT2D eigenvalue weighted by Crippen LogP contribution is -2.44. The summed E-state index contributed by atoms with van der Waals surface area (Å²) in [6.45, 7) is 3.98. The number of hydrogen-bond donors (Lipinski definition) is 1. The molecule has 23 heavy (non-hydrogen) atoms. The van der Waals surface area contributed by atoms with Crippen molar-refractivity contribution < 1.29 is 22.0 Å². The number of halogens is 2. The fourth-order valence-corrected chi connectivity index (χ4v) is 4.10. The van der Waals surface area contributed by atoms with E-state index in [4.69, 9.17) is 0 Å². The Balaban J connectivity index is 2.08. The van der Waals surface area contributed by atoms with Gasteiger partial charge in [-0.1, -0.05) is 0 Å². The van der Waals surface area contributed by atoms with Crippen LogP contribution in [0.15, 0.2) is 23.1 Å². The van der Waals surface area contributed by atoms with Gasteiger partial charge in [0.1, 0.15) is 16.5 Å². The number of carbonyl (C=O) groups excluding carboxylic acids is 1. The fraction of sp³-hybridized carbons (Fsp3) is 0.533. The lowest BCUT2D eigenvalue weighted by molar-refractivity contribution is -0.126. The van der Waals surface area contributed by atoms with Gasteiger partial charge in [0.05, 0.1) is 0 Å². The average molecular weight is 346 g/mol. The molecule has 0 spiro atoms. The molecule has 0 saturated carbocycles. The molecule has 0 bridgehead atoms. The Morgan fingerprint density at radius 3 is 2.39 bits per heavy atom. The SMILES string of the molecule is CC(C)NC(=O)C1CCN(S(=O)(=O)c2ccc(F)cc2F)CC1. The molecule has 0 atom stereocenters. The minimum Gasteiger partial charge on any atom is -0.354 e. The maximum absolute atomic E-state index is 13.7. The van der Waals surface area contributed by atoms with Crippen molar-refractivity contribution in [2.75, 3.05) is 13.1 Å². The Hall–Kier alpha value is -1.54. The van der Waals surface area contributed by atoms with Crippen molar-refractivity contribution in [1.29, 1.82) is 0 Å². The van der Waals surface area contributed by atoms with Gasteiger partial charge < -0.3 is 5.32 Å². The number of nitrogens with one attached hydrogen (secondary N) is 1. The van der Waals surface area contributed by atoms with Gasteiger partial charge in [-0.2, -0.15) is 4.31 Å². The van der Waals surface area contributed by atoms with Crippen molar-refractivity contribution in [2.24, 2.45) is 5.92 Å². The van der Waals surface area contributed by atoms with Gasteiger partial charge in [-0.05, 0) is 38.8 Å². The van der Waals surface area contributed by atoms with Gasteiger partial charge in [0.15, 0.2) is 0 Å². The molecule has 1 amide bonds. The average Bonchev–Trinajstić information content (AvgIpc) is 2.46. The van der Waals surface area contributed by atoms with E-state index in [2.05, 4.69) is 5.32 Å². The monoisotopic (exact) mass is 346 g/mol. The lowest BCUT2D eigenvalue weighted by atomic mass is 9.97. The molecule has 2 rings (SSSR count). The van der Waals surface area contributed by atoms with Gasteiger partial charge in [0, 0.05) is 31.1 Å². The molecule has 0 radical (unpaired) electrons. The first kappa shape index (κ1) is 17.8. The molecule has 1 aliphatic rings. The normalized spacial score (nSPS) is 17.4. The Morgan fingerprint density at radius 1 is 1.26 bits per heavy atom. The van der Waals surface area contributed by atoms with Crippen molar-refractivity contribution in [2.45, 2.75) is 37.6 Å². The third kappa shape index (κ3) is 4.06. The molecule has 1 heterocycles. The summed E-state index contributed by atoms with van der Waals surface area (Å²) in [4.78, 5) is 11.4. The van der Waals surface area contributed by atoms with Crippen LogP contribution >= 0.6 is 0 Å². The van der Waals surface area contributed by atoms with E-state index in [1.165, 1.54) is 0 Å². The summed E-state index contributed by atoms with van der Waals surface area (Å²) in [7, 11) is -4.02. The summed E-state index contributed by atoms with van der Waals surface area (Å²) in [6.07, 6.45) is 0.751. The summed E-state index contributed by atoms with van der Waals surface area (Å²) < 4.78 is 52.7. The van der Waals surface area contributed by atoms with E-state index < -0.39 is 26.6 Å². The number of rotatable bonds is 4. The van der Waals surface area contributed by atoms with Crippen molar-refractivity contribution in [3.05, 3.63) is 29.8 Å². The third-order valence-electron chi connectivity index (χ3n) is 3.77. The van der Waals surface area contributed by atoms with Crippen LogP contribution in [0.2, 0.25) is 0 Å². The summed E-state index contributed by atoms with van der Waals surface area (Å²) in [6, 6.07) is 2.42. The second-order valence-electron chi connectivity index (χ2n) is 5.92. The van der Waals surface area contributed by atoms with E-state index in [0.29, 0.717) is 18.9 Å². The molecule has 5 nitrogen and oxygen atoms in total. The topological polar surface area (TPSA) is 66.5 Å². The highest BCUT2D eigenvalue weighted by atomic mass is 32.2. The zero-order valence-corrected chi connectivity index (χ0v) is 13.9. The second kappa shape index (κ2) is 6.92. The van der Waals surface area contributed by atoms with Crippen LogP contribution < -0.4 is 5.32 Å². The standard InChI is InChI=1S/C15H20F2N2O3S/c1-10(2)18-15(20)11-5-7-19(8-6-11)23(21,22)14-4-3-12(16)9-13(14)17/h3-4,9-11H,5-8H2,1-2H3,(H,18,20). The number of benzene rings is 1. The fourth-order valence-electron chi connectivity index (χ4n) is 2.58. The molecule has 1 aromatic carbocycles. The first-order valence-corrected chi connectivity index (χ1v) is 8.91. The van der Waals surface area contributed by atoms with Crippen molar-refractivity contribution in [1.82, 2.24) is 9.62 Å². The van der Waals surface area contributed by atoms with Crippen LogP contribution in [0.4, 0.5) is 8.78 Å². The third-order valence-corrected chi connectivity index (χ3v) is 5.70. The van der Waals surface area contributed by atoms with Gasteiger partial charge in [-0.3, -0.25) is 4.79 Å². The molecule has 128 valence electrons. The summed E-state index contributed by atoms with van der Waals surface area (Å²) in [5.41, 5.74) is 0. The number of sulfonamides is 1. The Labute approximate surface area is 134 Å². The van der Waals surface area contributed by atoms with E-state index >= 15 is 0 Å². The predicted octanol–water partition coefficient (Wildman–Crippen LogP) is 1.89. The molecule has 1 fully saturated rings. The molecule has 1 aliphatic heterocycles. The number of piperidine rings is 1. The largest absolute Gasteiger partial charge is 0.354 e. The van der Waals surface area contributed by atoms with Crippen LogP contribution in [-0.4, -0.2) is 37.8 Å². The van der Waals surface area contributed by atoms with E-state index in [1.807, 2.05) is 13.8 Å². The molecule has 1 N–H and O–H groups in total. The van der Waals surface area contributed by atoms with E-state index in [9.17, 15) is 22.0 Å². The lowest BCUT2D eigenvalue weighted by Gasteiger charge is -2.31. The highest BCUT2D eigenvalue weighted by Gasteiger charge is 2.33. The van der Waals surface area contributed by atoms with E-state index in [0.717, 1.165) is 16.4 Å². The van der Waals surface area contributed by atoms with Crippen LogP contribution in [0.25, 0.3) is 0 Å². The van der Waals surface area contributed by atoms with E-state index in [1.54, 1.807) is 0 Å². The van der Waals surface area contributed by atoms with Gasteiger partial charge >= 0.3 is 0 Å². The number of amides is 1. The molecular formula is C15H20F2N2O3S. The predicted molar refractivity (Wildman–Crippen MR) is 81.1 cm³/mol. The minimum atomic E-state index is -4.02. The van der Waals surface area contributed by atoms with Crippen molar-refractivity contribution >= 4 is 15.9 Å². The number of hydrogen-bond acceptors (Lipinski definition) is 3. The van der Waals surface area contributed by atoms with Crippen LogP contribution in [0.1, 0.15) is 26.7 Å². The number of nitrogens with zero attached hydrogens (tertiary/aromatic N) is 1. The van der Waals surface area contributed by atoms with Crippen molar-refractivity contribution in [3.8, 4) is 0 Å². The van der Waals surface area contributed by atoms with Crippen molar-refractivity contribution in [3.63, 3.8) is 0 Å². The Bertz CT molecular complexity index is 684. The molecule has 8 heteroatoms. The molecule has 0 unspecified atom stereocenters. The van der Waals surface area contributed by atoms with Gasteiger partial charge in [0.25, 0.3) is 0 Å².